The van der Waals surface area contributed by atoms with Gasteiger partial charge in [-0.05, 0) is 78.4 Å². The van der Waals surface area contributed by atoms with Crippen LogP contribution in [0.5, 0.6) is 11.5 Å². The first-order chi connectivity index (χ1) is 22.0. The number of amides is 4. The number of hydrogen-bond acceptors (Lipinski definition) is 8. The van der Waals surface area contributed by atoms with Gasteiger partial charge in [0.1, 0.15) is 5.82 Å². The monoisotopic (exact) mass is 665 g/mol. The van der Waals surface area contributed by atoms with Crippen LogP contribution in [-0.2, 0) is 24.6 Å². The summed E-state index contributed by atoms with van der Waals surface area (Å²) in [6.45, 7) is 0. The number of hydroxylamine groups is 2. The van der Waals surface area contributed by atoms with Gasteiger partial charge in [-0.15, -0.1) is 0 Å². The van der Waals surface area contributed by atoms with Crippen molar-refractivity contribution in [3.05, 3.63) is 99.3 Å². The Labute approximate surface area is 271 Å². The first-order valence-electron chi connectivity index (χ1n) is 14.5. The summed E-state index contributed by atoms with van der Waals surface area (Å²) in [4.78, 5) is 55.7. The molecule has 46 heavy (non-hydrogen) atoms. The topological polar surface area (TPSA) is 136 Å². The molecule has 3 N–H and O–H groups in total. The lowest BCUT2D eigenvalue weighted by Crippen LogP contribution is -2.53. The number of carbonyl (C=O) groups excluding carboxylic acids is 4. The number of phenolic OH excluding ortho intramolecular Hbond substituents is 1. The quantitative estimate of drug-likeness (QED) is 0.192. The fourth-order valence-electron chi connectivity index (χ4n) is 7.93. The Kier molecular flexibility index (Phi) is 7.11. The van der Waals surface area contributed by atoms with Gasteiger partial charge in [-0.3, -0.25) is 29.8 Å². The molecule has 13 heteroatoms. The summed E-state index contributed by atoms with van der Waals surface area (Å²) < 4.78 is 19.1. The van der Waals surface area contributed by atoms with E-state index in [1.54, 1.807) is 30.3 Å². The summed E-state index contributed by atoms with van der Waals surface area (Å²) in [6, 6.07) is 14.7. The molecule has 0 spiro atoms. The van der Waals surface area contributed by atoms with E-state index in [-0.39, 0.29) is 40.1 Å². The zero-order chi connectivity index (χ0) is 32.7. The van der Waals surface area contributed by atoms with Crippen LogP contribution in [0.2, 0.25) is 10.0 Å². The van der Waals surface area contributed by atoms with Crippen LogP contribution >= 0.6 is 23.2 Å². The third kappa shape index (κ3) is 4.18. The van der Waals surface area contributed by atoms with Crippen LogP contribution in [0.25, 0.3) is 0 Å². The summed E-state index contributed by atoms with van der Waals surface area (Å²) in [7, 11) is 1.35. The number of ether oxygens (including phenoxy) is 1. The Bertz CT molecular complexity index is 1850. The van der Waals surface area contributed by atoms with Gasteiger partial charge in [-0.25, -0.2) is 4.39 Å². The Balaban J connectivity index is 1.50. The minimum atomic E-state index is -1.64. The molecule has 6 atom stereocenters. The summed E-state index contributed by atoms with van der Waals surface area (Å²) in [5.74, 6) is -8.12. The zero-order valence-corrected chi connectivity index (χ0v) is 25.6. The predicted molar refractivity (Wildman–Crippen MR) is 162 cm³/mol. The molecule has 0 radical (unpaired) electrons. The van der Waals surface area contributed by atoms with Crippen LogP contribution in [0.15, 0.2) is 72.3 Å². The van der Waals surface area contributed by atoms with Gasteiger partial charge in [0.05, 0.1) is 41.0 Å². The number of carbonyl (C=O) groups is 4. The number of hydrazine groups is 1. The highest BCUT2D eigenvalue weighted by molar-refractivity contribution is 6.32. The van der Waals surface area contributed by atoms with Crippen molar-refractivity contribution in [2.45, 2.75) is 24.2 Å². The molecular weight excluding hydrogens is 640 g/mol. The van der Waals surface area contributed by atoms with Gasteiger partial charge < -0.3 is 9.84 Å². The summed E-state index contributed by atoms with van der Waals surface area (Å²) in [5.41, 5.74) is 2.98. The van der Waals surface area contributed by atoms with Gasteiger partial charge in [0.15, 0.2) is 11.5 Å². The highest BCUT2D eigenvalue weighted by Crippen LogP contribution is 2.64. The van der Waals surface area contributed by atoms with Crippen molar-refractivity contribution in [1.82, 2.24) is 10.1 Å². The molecule has 4 aliphatic rings. The van der Waals surface area contributed by atoms with Gasteiger partial charge in [0.25, 0.3) is 23.6 Å². The van der Waals surface area contributed by atoms with Crippen LogP contribution in [0.3, 0.4) is 0 Å². The van der Waals surface area contributed by atoms with E-state index < -0.39 is 64.5 Å². The number of anilines is 1. The van der Waals surface area contributed by atoms with Crippen molar-refractivity contribution in [3.8, 4) is 11.5 Å². The van der Waals surface area contributed by atoms with E-state index in [9.17, 15) is 29.1 Å². The van der Waals surface area contributed by atoms with Gasteiger partial charge >= 0.3 is 0 Å². The number of halogens is 3. The van der Waals surface area contributed by atoms with E-state index in [4.69, 9.17) is 27.9 Å². The summed E-state index contributed by atoms with van der Waals surface area (Å²) >= 11 is 12.8. The summed E-state index contributed by atoms with van der Waals surface area (Å²) in [5, 5.41) is 22.3. The Hall–Kier alpha value is -4.45. The first kappa shape index (κ1) is 30.2. The zero-order valence-electron chi connectivity index (χ0n) is 24.1. The maximum Gasteiger partial charge on any atom is 0.260 e. The molecule has 2 aliphatic heterocycles. The number of benzene rings is 3. The molecule has 10 nitrogen and oxygen atoms in total. The lowest BCUT2D eigenvalue weighted by molar-refractivity contribution is -0.173. The number of allylic oxidation sites excluding steroid dienone is 2. The SMILES string of the molecule is COc1cc([C@H]2C3=CC[C@@H]4C(=O)N(O)C(=O)[C@@H]4[C@@H]3C[C@H]3C(=O)N(Nc4ccc(F)cc4)C(=O)[C@@]23c2ccc(Cl)cc2)cc(Cl)c1O. The Morgan fingerprint density at radius 3 is 2.33 bits per heavy atom. The third-order valence-corrected chi connectivity index (χ3v) is 10.4. The van der Waals surface area contributed by atoms with Crippen molar-refractivity contribution in [2.24, 2.45) is 23.7 Å². The molecule has 7 rings (SSSR count). The van der Waals surface area contributed by atoms with Crippen LogP contribution in [-0.4, -0.2) is 51.1 Å². The standard InChI is InChI=1S/C33H26Cl2FN3O7/c1-46-25-13-15(12-24(35)28(25)40)27-20-10-11-21-26(31(43)39(45)29(21)41)22(20)14-23-30(42)38(37-19-8-6-18(36)7-9-19)32(44)33(23,27)16-2-4-17(34)5-3-16/h2-10,12-13,21-23,26-27,37,40,45H,11,14H2,1H3/t21-,22+,23-,26-,27-,33+/m0/s1. The van der Waals surface area contributed by atoms with Gasteiger partial charge in [0, 0.05) is 10.9 Å². The lowest BCUT2D eigenvalue weighted by atomic mass is 9.49. The lowest BCUT2D eigenvalue weighted by Gasteiger charge is -2.50. The van der Waals surface area contributed by atoms with Crippen LogP contribution < -0.4 is 10.2 Å². The molecule has 3 aromatic carbocycles. The minimum absolute atomic E-state index is 0.00585. The van der Waals surface area contributed by atoms with Crippen molar-refractivity contribution in [1.29, 1.82) is 0 Å². The van der Waals surface area contributed by atoms with Crippen molar-refractivity contribution in [2.75, 3.05) is 12.5 Å². The normalized spacial score (nSPS) is 28.5. The number of nitrogens with zero attached hydrogens (tertiary/aromatic N) is 2. The van der Waals surface area contributed by atoms with Crippen molar-refractivity contribution in [3.63, 3.8) is 0 Å². The largest absolute Gasteiger partial charge is 0.503 e. The van der Waals surface area contributed by atoms with Crippen molar-refractivity contribution >= 4 is 52.5 Å². The number of nitrogens with one attached hydrogen (secondary N) is 1. The molecule has 0 bridgehead atoms. The molecule has 3 aromatic rings. The third-order valence-electron chi connectivity index (χ3n) is 9.84. The second-order valence-electron chi connectivity index (χ2n) is 11.9. The van der Waals surface area contributed by atoms with E-state index in [1.165, 1.54) is 43.5 Å². The van der Waals surface area contributed by atoms with E-state index >= 15 is 4.79 Å². The molecule has 2 saturated heterocycles. The first-order valence-corrected chi connectivity index (χ1v) is 15.2. The molecule has 1 saturated carbocycles. The highest BCUT2D eigenvalue weighted by atomic mass is 35.5. The molecule has 2 heterocycles. The molecule has 236 valence electrons. The van der Waals surface area contributed by atoms with E-state index in [0.29, 0.717) is 21.7 Å². The number of rotatable bonds is 5. The molecule has 0 unspecified atom stereocenters. The average molecular weight is 666 g/mol. The maximum atomic E-state index is 15.0. The fraction of sp³-hybridized carbons (Fsp3) is 0.273. The van der Waals surface area contributed by atoms with Crippen LogP contribution in [0, 0.1) is 29.5 Å². The van der Waals surface area contributed by atoms with E-state index in [1.807, 2.05) is 0 Å². The minimum Gasteiger partial charge on any atom is -0.503 e. The number of aromatic hydroxyl groups is 1. The molecule has 3 fully saturated rings. The second kappa shape index (κ2) is 10.8. The Morgan fingerprint density at radius 2 is 1.65 bits per heavy atom. The Morgan fingerprint density at radius 1 is 0.957 bits per heavy atom. The molecular formula is C33H26Cl2FN3O7. The van der Waals surface area contributed by atoms with Gasteiger partial charge in [-0.1, -0.05) is 47.0 Å². The smallest absolute Gasteiger partial charge is 0.260 e. The maximum absolute atomic E-state index is 15.0. The number of fused-ring (bicyclic) bond motifs is 4. The predicted octanol–water partition coefficient (Wildman–Crippen LogP) is 5.22. The number of phenols is 1. The highest BCUT2D eigenvalue weighted by Gasteiger charge is 2.70. The molecule has 2 aliphatic carbocycles. The molecule has 0 aromatic heterocycles. The molecule has 4 amide bonds. The average Bonchev–Trinajstić information content (AvgIpc) is 3.40. The fourth-order valence-corrected chi connectivity index (χ4v) is 8.27. The summed E-state index contributed by atoms with van der Waals surface area (Å²) in [6.07, 6.45) is 1.91. The number of methoxy groups -OCH3 is 1. The van der Waals surface area contributed by atoms with E-state index in [0.717, 1.165) is 5.01 Å². The van der Waals surface area contributed by atoms with Crippen LogP contribution in [0.4, 0.5) is 10.1 Å². The second-order valence-corrected chi connectivity index (χ2v) is 12.8. The van der Waals surface area contributed by atoms with E-state index in [2.05, 4.69) is 5.43 Å². The van der Waals surface area contributed by atoms with Gasteiger partial charge in [0.2, 0.25) is 0 Å². The van der Waals surface area contributed by atoms with Crippen LogP contribution in [0.1, 0.15) is 29.9 Å². The number of imide groups is 2. The van der Waals surface area contributed by atoms with Gasteiger partial charge in [-0.2, -0.15) is 10.1 Å². The number of hydrogen-bond donors (Lipinski definition) is 3. The van der Waals surface area contributed by atoms with Crippen molar-refractivity contribution < 1.29 is 38.6 Å².